The van der Waals surface area contributed by atoms with Gasteiger partial charge in [0.25, 0.3) is 5.89 Å². The first-order valence-electron chi connectivity index (χ1n) is 11.6. The van der Waals surface area contributed by atoms with E-state index in [0.717, 1.165) is 39.6 Å². The van der Waals surface area contributed by atoms with Crippen molar-refractivity contribution in [3.63, 3.8) is 0 Å². The number of halogens is 3. The van der Waals surface area contributed by atoms with Crippen LogP contribution in [-0.2, 0) is 22.6 Å². The van der Waals surface area contributed by atoms with Crippen molar-refractivity contribution in [1.82, 2.24) is 24.8 Å². The predicted octanol–water partition coefficient (Wildman–Crippen LogP) is 4.41. The summed E-state index contributed by atoms with van der Waals surface area (Å²) in [5.41, 5.74) is 4.99. The molecule has 0 saturated heterocycles. The van der Waals surface area contributed by atoms with Gasteiger partial charge in [0, 0.05) is 41.8 Å². The van der Waals surface area contributed by atoms with Gasteiger partial charge in [0.15, 0.2) is 0 Å². The average Bonchev–Trinajstić information content (AvgIpc) is 3.50. The Morgan fingerprint density at radius 2 is 1.89 bits per heavy atom. The number of hydrogen-bond acceptors (Lipinski definition) is 7. The van der Waals surface area contributed by atoms with Crippen LogP contribution in [0.3, 0.4) is 0 Å². The third-order valence-electron chi connectivity index (χ3n) is 5.91. The van der Waals surface area contributed by atoms with Gasteiger partial charge in [-0.3, -0.25) is 14.4 Å². The van der Waals surface area contributed by atoms with Crippen molar-refractivity contribution < 1.29 is 37.5 Å². The van der Waals surface area contributed by atoms with Gasteiger partial charge < -0.3 is 14.7 Å². The molecule has 0 bridgehead atoms. The number of rotatable bonds is 5. The average molecular weight is 531 g/mol. The van der Waals surface area contributed by atoms with Crippen LogP contribution < -0.4 is 0 Å². The fourth-order valence-corrected chi connectivity index (χ4v) is 4.10. The zero-order valence-corrected chi connectivity index (χ0v) is 20.4. The van der Waals surface area contributed by atoms with Gasteiger partial charge in [0.1, 0.15) is 0 Å². The van der Waals surface area contributed by atoms with Crippen LogP contribution >= 0.6 is 0 Å². The SMILES string of the molecule is CC(C)n1cc2cc(-c3nc(-c4cccc5c4CCN(CC(=O)O)C5)no3)ccc2n1.O=C(O)C(F)(F)F. The maximum absolute atomic E-state index is 11.0. The van der Waals surface area contributed by atoms with Crippen LogP contribution in [0.1, 0.15) is 31.0 Å². The summed E-state index contributed by atoms with van der Waals surface area (Å²) < 4.78 is 39.3. The Labute approximate surface area is 214 Å². The van der Waals surface area contributed by atoms with Crippen LogP contribution in [0.25, 0.3) is 33.7 Å². The van der Waals surface area contributed by atoms with Gasteiger partial charge in [-0.25, -0.2) is 4.79 Å². The smallest absolute Gasteiger partial charge is 0.480 e. The van der Waals surface area contributed by atoms with E-state index in [-0.39, 0.29) is 6.54 Å². The Morgan fingerprint density at radius 1 is 1.16 bits per heavy atom. The molecule has 0 spiro atoms. The second kappa shape index (κ2) is 10.6. The lowest BCUT2D eigenvalue weighted by Crippen LogP contribution is -2.34. The van der Waals surface area contributed by atoms with Crippen LogP contribution in [0.15, 0.2) is 47.1 Å². The van der Waals surface area contributed by atoms with E-state index < -0.39 is 18.1 Å². The molecule has 4 aromatic rings. The molecule has 10 nitrogen and oxygen atoms in total. The first-order chi connectivity index (χ1) is 17.9. The van der Waals surface area contributed by atoms with E-state index in [4.69, 9.17) is 19.5 Å². The molecule has 2 aromatic heterocycles. The number of nitrogens with zero attached hydrogens (tertiary/aromatic N) is 5. The van der Waals surface area contributed by atoms with Crippen molar-refractivity contribution >= 4 is 22.8 Å². The second-order valence-electron chi connectivity index (χ2n) is 9.00. The summed E-state index contributed by atoms with van der Waals surface area (Å²) in [6.07, 6.45) is -2.31. The van der Waals surface area contributed by atoms with E-state index >= 15 is 0 Å². The van der Waals surface area contributed by atoms with Crippen molar-refractivity contribution in [1.29, 1.82) is 0 Å². The Morgan fingerprint density at radius 3 is 2.55 bits per heavy atom. The molecular weight excluding hydrogens is 507 g/mol. The molecule has 5 rings (SSSR count). The van der Waals surface area contributed by atoms with Crippen molar-refractivity contribution in [3.05, 3.63) is 53.7 Å². The Bertz CT molecular complexity index is 1480. The lowest BCUT2D eigenvalue weighted by atomic mass is 9.94. The fourth-order valence-electron chi connectivity index (χ4n) is 4.10. The molecule has 0 atom stereocenters. The molecule has 1 aliphatic heterocycles. The fraction of sp³-hybridized carbons (Fsp3) is 0.320. The molecule has 0 amide bonds. The summed E-state index contributed by atoms with van der Waals surface area (Å²) in [7, 11) is 0. The Balaban J connectivity index is 0.000000426. The minimum atomic E-state index is -5.08. The number of carbonyl (C=O) groups is 2. The quantitative estimate of drug-likeness (QED) is 0.384. The first-order valence-corrected chi connectivity index (χ1v) is 11.6. The number of alkyl halides is 3. The molecule has 200 valence electrons. The normalized spacial score (nSPS) is 13.7. The standard InChI is InChI=1S/C23H23N5O3.C2HF3O2/c1-14(2)28-12-17-10-15(6-7-20(17)25-28)23-24-22(26-31-23)19-5-3-4-16-11-27(13-21(29)30)9-8-18(16)19;3-2(4,5)1(6)7/h3-7,10,12,14H,8-9,11,13H2,1-2H3,(H,29,30);(H,6,7). The summed E-state index contributed by atoms with van der Waals surface area (Å²) >= 11 is 0. The molecule has 0 radical (unpaired) electrons. The van der Waals surface area contributed by atoms with Gasteiger partial charge in [0.05, 0.1) is 12.1 Å². The summed E-state index contributed by atoms with van der Waals surface area (Å²) in [5, 5.41) is 26.0. The highest BCUT2D eigenvalue weighted by Crippen LogP contribution is 2.31. The number of benzene rings is 2. The monoisotopic (exact) mass is 531 g/mol. The van der Waals surface area contributed by atoms with E-state index in [9.17, 15) is 18.0 Å². The van der Waals surface area contributed by atoms with Crippen molar-refractivity contribution in [2.45, 2.75) is 39.0 Å². The topological polar surface area (TPSA) is 135 Å². The Kier molecular flexibility index (Phi) is 7.49. The van der Waals surface area contributed by atoms with Crippen LogP contribution in [0, 0.1) is 0 Å². The van der Waals surface area contributed by atoms with E-state index in [2.05, 4.69) is 29.1 Å². The lowest BCUT2D eigenvalue weighted by molar-refractivity contribution is -0.192. The van der Waals surface area contributed by atoms with Gasteiger partial charge in [-0.15, -0.1) is 0 Å². The maximum Gasteiger partial charge on any atom is 0.490 e. The van der Waals surface area contributed by atoms with Gasteiger partial charge in [-0.2, -0.15) is 23.3 Å². The van der Waals surface area contributed by atoms with Gasteiger partial charge in [-0.05, 0) is 49.6 Å². The highest BCUT2D eigenvalue weighted by Gasteiger charge is 2.38. The zero-order chi connectivity index (χ0) is 27.6. The number of carboxylic acids is 2. The molecule has 1 aliphatic rings. The maximum atomic E-state index is 11.0. The molecule has 38 heavy (non-hydrogen) atoms. The third-order valence-corrected chi connectivity index (χ3v) is 5.91. The summed E-state index contributed by atoms with van der Waals surface area (Å²) in [5.74, 6) is -2.54. The van der Waals surface area contributed by atoms with E-state index in [0.29, 0.717) is 30.8 Å². The molecule has 3 heterocycles. The predicted molar refractivity (Wildman–Crippen MR) is 129 cm³/mol. The van der Waals surface area contributed by atoms with E-state index in [1.165, 1.54) is 0 Å². The minimum absolute atomic E-state index is 0.0475. The summed E-state index contributed by atoms with van der Waals surface area (Å²) in [4.78, 5) is 26.5. The molecule has 0 fully saturated rings. The number of fused-ring (bicyclic) bond motifs is 2. The zero-order valence-electron chi connectivity index (χ0n) is 20.4. The lowest BCUT2D eigenvalue weighted by Gasteiger charge is -2.28. The largest absolute Gasteiger partial charge is 0.490 e. The van der Waals surface area contributed by atoms with Crippen LogP contribution in [-0.4, -0.2) is 66.2 Å². The highest BCUT2D eigenvalue weighted by molar-refractivity contribution is 5.83. The summed E-state index contributed by atoms with van der Waals surface area (Å²) in [6.45, 7) is 5.54. The van der Waals surface area contributed by atoms with Gasteiger partial charge in [-0.1, -0.05) is 23.4 Å². The molecule has 13 heteroatoms. The van der Waals surface area contributed by atoms with E-state index in [1.54, 1.807) is 0 Å². The number of aliphatic carboxylic acids is 2. The molecular formula is C25H24F3N5O5. The number of hydrogen-bond donors (Lipinski definition) is 2. The van der Waals surface area contributed by atoms with Gasteiger partial charge >= 0.3 is 18.1 Å². The van der Waals surface area contributed by atoms with Gasteiger partial charge in [0.2, 0.25) is 5.82 Å². The summed E-state index contributed by atoms with van der Waals surface area (Å²) in [6, 6.07) is 12.2. The Hall–Kier alpha value is -4.26. The van der Waals surface area contributed by atoms with Crippen LogP contribution in [0.2, 0.25) is 0 Å². The molecule has 2 N–H and O–H groups in total. The highest BCUT2D eigenvalue weighted by atomic mass is 19.4. The van der Waals surface area contributed by atoms with Crippen LogP contribution in [0.5, 0.6) is 0 Å². The second-order valence-corrected chi connectivity index (χ2v) is 9.00. The van der Waals surface area contributed by atoms with E-state index in [1.807, 2.05) is 52.2 Å². The molecule has 0 aliphatic carbocycles. The molecule has 0 saturated carbocycles. The number of aromatic nitrogens is 4. The van der Waals surface area contributed by atoms with Crippen molar-refractivity contribution in [3.8, 4) is 22.8 Å². The molecule has 0 unspecified atom stereocenters. The third kappa shape index (κ3) is 5.99. The minimum Gasteiger partial charge on any atom is -0.480 e. The first kappa shape index (κ1) is 26.8. The van der Waals surface area contributed by atoms with Crippen molar-refractivity contribution in [2.75, 3.05) is 13.1 Å². The number of carboxylic acid groups (broad SMARTS) is 2. The van der Waals surface area contributed by atoms with Crippen molar-refractivity contribution in [2.24, 2.45) is 0 Å². The van der Waals surface area contributed by atoms with Crippen LogP contribution in [0.4, 0.5) is 13.2 Å². The molecule has 2 aromatic carbocycles.